The zero-order valence-corrected chi connectivity index (χ0v) is 11.4. The Kier molecular flexibility index (Phi) is 3.16. The van der Waals surface area contributed by atoms with Crippen molar-refractivity contribution in [3.05, 3.63) is 59.2 Å². The molecule has 0 amide bonds. The summed E-state index contributed by atoms with van der Waals surface area (Å²) in [6.45, 7) is 0. The molecule has 0 aliphatic heterocycles. The van der Waals surface area contributed by atoms with E-state index in [9.17, 15) is 4.39 Å². The van der Waals surface area contributed by atoms with E-state index in [0.29, 0.717) is 0 Å². The monoisotopic (exact) mass is 285 g/mol. The third-order valence-corrected chi connectivity index (χ3v) is 4.94. The van der Waals surface area contributed by atoms with Gasteiger partial charge >= 0.3 is 0 Å². The normalized spacial score (nSPS) is 10.3. The Morgan fingerprint density at radius 3 is 2.53 bits per heavy atom. The molecule has 0 aliphatic carbocycles. The van der Waals surface area contributed by atoms with Gasteiger partial charge in [-0.05, 0) is 41.3 Å². The molecule has 2 aromatic heterocycles. The quantitative estimate of drug-likeness (QED) is 0.638. The van der Waals surface area contributed by atoms with E-state index < -0.39 is 5.82 Å². The smallest absolute Gasteiger partial charge is 0.141 e. The highest BCUT2D eigenvalue weighted by Gasteiger charge is 2.08. The number of rotatable bonds is 2. The van der Waals surface area contributed by atoms with Crippen molar-refractivity contribution in [2.75, 3.05) is 0 Å². The number of hydrogen-bond donors (Lipinski definition) is 0. The highest BCUT2D eigenvalue weighted by Crippen LogP contribution is 2.36. The van der Waals surface area contributed by atoms with E-state index in [-0.39, 0.29) is 5.56 Å². The van der Waals surface area contributed by atoms with Crippen molar-refractivity contribution < 1.29 is 4.39 Å². The van der Waals surface area contributed by atoms with Gasteiger partial charge in [0.1, 0.15) is 11.9 Å². The maximum Gasteiger partial charge on any atom is 0.141 e. The number of benzene rings is 1. The lowest BCUT2D eigenvalue weighted by molar-refractivity contribution is 0.624. The van der Waals surface area contributed by atoms with Crippen LogP contribution >= 0.6 is 22.7 Å². The second kappa shape index (κ2) is 4.96. The molecule has 19 heavy (non-hydrogen) atoms. The molecule has 92 valence electrons. The lowest BCUT2D eigenvalue weighted by Crippen LogP contribution is -1.83. The van der Waals surface area contributed by atoms with Crippen LogP contribution in [0.5, 0.6) is 0 Å². The summed E-state index contributed by atoms with van der Waals surface area (Å²) in [5.74, 6) is -0.467. The second-order valence-electron chi connectivity index (χ2n) is 3.95. The van der Waals surface area contributed by atoms with E-state index in [0.717, 1.165) is 10.4 Å². The Balaban J connectivity index is 2.00. The first kappa shape index (κ1) is 12.1. The van der Waals surface area contributed by atoms with Crippen molar-refractivity contribution in [3.63, 3.8) is 0 Å². The van der Waals surface area contributed by atoms with Crippen molar-refractivity contribution in [2.45, 2.75) is 0 Å². The van der Waals surface area contributed by atoms with E-state index in [1.165, 1.54) is 21.9 Å². The molecule has 2 heterocycles. The average Bonchev–Trinajstić information content (AvgIpc) is 3.09. The van der Waals surface area contributed by atoms with Crippen LogP contribution in [-0.4, -0.2) is 0 Å². The maximum absolute atomic E-state index is 13.6. The van der Waals surface area contributed by atoms with E-state index in [1.807, 2.05) is 29.6 Å². The topological polar surface area (TPSA) is 23.8 Å². The van der Waals surface area contributed by atoms with Gasteiger partial charge in [0.25, 0.3) is 0 Å². The Hall–Kier alpha value is -1.96. The van der Waals surface area contributed by atoms with Crippen LogP contribution < -0.4 is 0 Å². The molecule has 0 saturated carbocycles. The van der Waals surface area contributed by atoms with Crippen molar-refractivity contribution in [1.29, 1.82) is 5.26 Å². The molecular formula is C15H8FNS2. The van der Waals surface area contributed by atoms with E-state index in [2.05, 4.69) is 6.07 Å². The molecule has 0 bridgehead atoms. The second-order valence-corrected chi connectivity index (χ2v) is 5.98. The zero-order valence-electron chi connectivity index (χ0n) is 9.76. The van der Waals surface area contributed by atoms with Crippen LogP contribution in [0.1, 0.15) is 5.56 Å². The fraction of sp³-hybridized carbons (Fsp3) is 0. The van der Waals surface area contributed by atoms with Crippen LogP contribution in [0, 0.1) is 17.1 Å². The first-order chi connectivity index (χ1) is 9.28. The molecule has 3 rings (SSSR count). The molecule has 0 aliphatic rings. The van der Waals surface area contributed by atoms with Crippen LogP contribution in [0.25, 0.3) is 20.2 Å². The first-order valence-electron chi connectivity index (χ1n) is 5.61. The summed E-state index contributed by atoms with van der Waals surface area (Å²) < 4.78 is 13.6. The molecular weight excluding hydrogens is 277 g/mol. The molecule has 3 aromatic rings. The van der Waals surface area contributed by atoms with Crippen molar-refractivity contribution >= 4 is 22.7 Å². The van der Waals surface area contributed by atoms with E-state index in [1.54, 1.807) is 28.7 Å². The van der Waals surface area contributed by atoms with Crippen molar-refractivity contribution in [3.8, 4) is 26.3 Å². The van der Waals surface area contributed by atoms with E-state index >= 15 is 0 Å². The summed E-state index contributed by atoms with van der Waals surface area (Å²) in [7, 11) is 0. The standard InChI is InChI=1S/C15H8FNS2/c16-12-8-10(3-4-11(12)9-17)13-5-6-15(19-13)14-2-1-7-18-14/h1-8H. The van der Waals surface area contributed by atoms with Gasteiger partial charge in [-0.3, -0.25) is 0 Å². The van der Waals surface area contributed by atoms with Gasteiger partial charge in [0.05, 0.1) is 5.56 Å². The van der Waals surface area contributed by atoms with Gasteiger partial charge < -0.3 is 0 Å². The molecule has 0 fully saturated rings. The van der Waals surface area contributed by atoms with Crippen LogP contribution in [-0.2, 0) is 0 Å². The van der Waals surface area contributed by atoms with Crippen molar-refractivity contribution in [2.24, 2.45) is 0 Å². The third-order valence-electron chi connectivity index (χ3n) is 2.74. The molecule has 1 nitrogen and oxygen atoms in total. The van der Waals surface area contributed by atoms with Gasteiger partial charge in [-0.15, -0.1) is 22.7 Å². The number of halogens is 1. The SMILES string of the molecule is N#Cc1ccc(-c2ccc(-c3cccs3)s2)cc1F. The molecule has 1 aromatic carbocycles. The predicted molar refractivity (Wildman–Crippen MR) is 77.7 cm³/mol. The maximum atomic E-state index is 13.6. The van der Waals surface area contributed by atoms with E-state index in [4.69, 9.17) is 5.26 Å². The highest BCUT2D eigenvalue weighted by molar-refractivity contribution is 7.23. The van der Waals surface area contributed by atoms with Crippen LogP contribution in [0.3, 0.4) is 0 Å². The summed E-state index contributed by atoms with van der Waals surface area (Å²) in [6, 6.07) is 14.7. The minimum Gasteiger partial charge on any atom is -0.206 e. The fourth-order valence-corrected chi connectivity index (χ4v) is 3.64. The average molecular weight is 285 g/mol. The summed E-state index contributed by atoms with van der Waals surface area (Å²) in [6.07, 6.45) is 0. The van der Waals surface area contributed by atoms with Gasteiger partial charge in [-0.25, -0.2) is 4.39 Å². The third kappa shape index (κ3) is 2.30. The Morgan fingerprint density at radius 1 is 1.00 bits per heavy atom. The van der Waals surface area contributed by atoms with Gasteiger partial charge in [0, 0.05) is 14.6 Å². The minimum atomic E-state index is -0.467. The van der Waals surface area contributed by atoms with Gasteiger partial charge in [-0.2, -0.15) is 5.26 Å². The zero-order chi connectivity index (χ0) is 13.2. The Labute approximate surface area is 118 Å². The number of hydrogen-bond acceptors (Lipinski definition) is 3. The Bertz CT molecular complexity index is 751. The molecule has 0 unspecified atom stereocenters. The largest absolute Gasteiger partial charge is 0.206 e. The minimum absolute atomic E-state index is 0.0822. The van der Waals surface area contributed by atoms with Gasteiger partial charge in [0.2, 0.25) is 0 Å². The van der Waals surface area contributed by atoms with Crippen LogP contribution in [0.15, 0.2) is 47.8 Å². The summed E-state index contributed by atoms with van der Waals surface area (Å²) in [5, 5.41) is 10.8. The fourth-order valence-electron chi connectivity index (χ4n) is 1.80. The molecule has 0 saturated heterocycles. The lowest BCUT2D eigenvalue weighted by Gasteiger charge is -1.98. The number of thiophene rings is 2. The number of nitriles is 1. The summed E-state index contributed by atoms with van der Waals surface area (Å²) >= 11 is 3.31. The molecule has 4 heteroatoms. The lowest BCUT2D eigenvalue weighted by atomic mass is 10.1. The number of nitrogens with zero attached hydrogens (tertiary/aromatic N) is 1. The summed E-state index contributed by atoms with van der Waals surface area (Å²) in [4.78, 5) is 3.40. The first-order valence-corrected chi connectivity index (χ1v) is 7.31. The molecule has 0 spiro atoms. The molecule has 0 N–H and O–H groups in total. The van der Waals surface area contributed by atoms with Gasteiger partial charge in [0.15, 0.2) is 0 Å². The van der Waals surface area contributed by atoms with Crippen molar-refractivity contribution in [1.82, 2.24) is 0 Å². The highest BCUT2D eigenvalue weighted by atomic mass is 32.1. The van der Waals surface area contributed by atoms with Crippen LogP contribution in [0.2, 0.25) is 0 Å². The molecule has 0 radical (unpaired) electrons. The predicted octanol–water partition coefficient (Wildman–Crippen LogP) is 5.15. The van der Waals surface area contributed by atoms with Crippen LogP contribution in [0.4, 0.5) is 4.39 Å². The Morgan fingerprint density at radius 2 is 1.84 bits per heavy atom. The molecule has 0 atom stereocenters. The van der Waals surface area contributed by atoms with Gasteiger partial charge in [-0.1, -0.05) is 12.1 Å². The summed E-state index contributed by atoms with van der Waals surface area (Å²) in [5.41, 5.74) is 0.892.